The Hall–Kier alpha value is -1.14. The molecule has 1 unspecified atom stereocenters. The summed E-state index contributed by atoms with van der Waals surface area (Å²) < 4.78 is 37.2. The van der Waals surface area contributed by atoms with E-state index in [1.165, 1.54) is 17.0 Å². The van der Waals surface area contributed by atoms with Gasteiger partial charge in [-0.15, -0.1) is 0 Å². The highest BCUT2D eigenvalue weighted by Gasteiger charge is 2.35. The van der Waals surface area contributed by atoms with E-state index in [4.69, 9.17) is 11.6 Å². The Kier molecular flexibility index (Phi) is 3.59. The molecule has 1 fully saturated rings. The van der Waals surface area contributed by atoms with E-state index in [1.54, 1.807) is 0 Å². The van der Waals surface area contributed by atoms with Crippen molar-refractivity contribution in [2.24, 2.45) is 0 Å². The zero-order chi connectivity index (χ0) is 13.3. The first-order valence-corrected chi connectivity index (χ1v) is 7.27. The largest absolute Gasteiger partial charge is 0.328 e. The van der Waals surface area contributed by atoms with Crippen LogP contribution < -0.4 is 0 Å². The van der Waals surface area contributed by atoms with Gasteiger partial charge in [0, 0.05) is 13.1 Å². The summed E-state index contributed by atoms with van der Waals surface area (Å²) in [5, 5.41) is -1.32. The van der Waals surface area contributed by atoms with E-state index in [-0.39, 0.29) is 11.4 Å². The van der Waals surface area contributed by atoms with E-state index in [0.717, 1.165) is 12.1 Å². The van der Waals surface area contributed by atoms with E-state index in [2.05, 4.69) is 0 Å². The zero-order valence-corrected chi connectivity index (χ0v) is 10.9. The van der Waals surface area contributed by atoms with Crippen molar-refractivity contribution in [2.75, 3.05) is 13.1 Å². The molecule has 1 atom stereocenters. The summed E-state index contributed by atoms with van der Waals surface area (Å²) in [5.41, 5.74) is 0. The minimum Gasteiger partial charge on any atom is -0.328 e. The van der Waals surface area contributed by atoms with Crippen LogP contribution in [0.4, 0.5) is 9.18 Å². The molecule has 4 nitrogen and oxygen atoms in total. The third kappa shape index (κ3) is 2.49. The number of carbonyl (C=O) groups excluding carboxylic acids is 1. The zero-order valence-electron chi connectivity index (χ0n) is 9.34. The normalized spacial score (nSPS) is 20.1. The Balaban J connectivity index is 2.22. The van der Waals surface area contributed by atoms with Gasteiger partial charge in [-0.2, -0.15) is 0 Å². The molecule has 0 radical (unpaired) electrons. The number of hydrogen-bond donors (Lipinski definition) is 0. The molecule has 1 aromatic carbocycles. The summed E-state index contributed by atoms with van der Waals surface area (Å²) in [6, 6.07) is 4.67. The van der Waals surface area contributed by atoms with Crippen LogP contribution in [0.5, 0.6) is 0 Å². The van der Waals surface area contributed by atoms with Gasteiger partial charge >= 0.3 is 5.37 Å². The highest BCUT2D eigenvalue weighted by atomic mass is 35.5. The van der Waals surface area contributed by atoms with Crippen molar-refractivity contribution >= 4 is 26.8 Å². The van der Waals surface area contributed by atoms with Gasteiger partial charge in [0.2, 0.25) is 0 Å². The average molecular weight is 292 g/mol. The fraction of sp³-hybridized carbons (Fsp3) is 0.364. The molecule has 1 saturated heterocycles. The number of sulfone groups is 1. The van der Waals surface area contributed by atoms with Crippen LogP contribution in [0.15, 0.2) is 29.2 Å². The van der Waals surface area contributed by atoms with Crippen molar-refractivity contribution in [3.05, 3.63) is 30.1 Å². The van der Waals surface area contributed by atoms with Gasteiger partial charge in [-0.1, -0.05) is 0 Å². The molecule has 1 aromatic rings. The quantitative estimate of drug-likeness (QED) is 0.476. The molecule has 0 saturated carbocycles. The maximum atomic E-state index is 12.8. The molecule has 0 N–H and O–H groups in total. The molecule has 18 heavy (non-hydrogen) atoms. The van der Waals surface area contributed by atoms with Crippen LogP contribution in [0.3, 0.4) is 0 Å². The van der Waals surface area contributed by atoms with Crippen molar-refractivity contribution in [3.63, 3.8) is 0 Å². The maximum Gasteiger partial charge on any atom is 0.316 e. The van der Waals surface area contributed by atoms with Crippen LogP contribution in [0.1, 0.15) is 6.42 Å². The van der Waals surface area contributed by atoms with E-state index >= 15 is 0 Å². The third-order valence-electron chi connectivity index (χ3n) is 2.97. The summed E-state index contributed by atoms with van der Waals surface area (Å²) in [4.78, 5) is 12.3. The lowest BCUT2D eigenvalue weighted by Crippen LogP contribution is -2.28. The van der Waals surface area contributed by atoms with Gasteiger partial charge in [0.25, 0.3) is 0 Å². The van der Waals surface area contributed by atoms with Gasteiger partial charge in [0.05, 0.1) is 10.1 Å². The van der Waals surface area contributed by atoms with E-state index in [0.29, 0.717) is 13.0 Å². The van der Waals surface area contributed by atoms with Crippen LogP contribution in [0, 0.1) is 5.82 Å². The van der Waals surface area contributed by atoms with E-state index in [1.807, 2.05) is 0 Å². The molecule has 98 valence electrons. The molecular weight excluding hydrogens is 281 g/mol. The van der Waals surface area contributed by atoms with Gasteiger partial charge in [-0.05, 0) is 42.3 Å². The number of nitrogens with zero attached hydrogens (tertiary/aromatic N) is 1. The van der Waals surface area contributed by atoms with Gasteiger partial charge in [0.15, 0.2) is 9.84 Å². The number of hydrogen-bond acceptors (Lipinski definition) is 3. The Labute approximate surface area is 109 Å². The predicted molar refractivity (Wildman–Crippen MR) is 64.8 cm³/mol. The molecule has 1 heterocycles. The molecule has 0 aromatic heterocycles. The SMILES string of the molecule is O=C(Cl)N1CCC(S(=O)(=O)c2ccc(F)cc2)C1. The first kappa shape index (κ1) is 13.3. The number of likely N-dealkylation sites (tertiary alicyclic amines) is 1. The number of halogens is 2. The van der Waals surface area contributed by atoms with Crippen molar-refractivity contribution in [1.82, 2.24) is 4.90 Å². The van der Waals surface area contributed by atoms with Gasteiger partial charge in [-0.25, -0.2) is 12.8 Å². The van der Waals surface area contributed by atoms with Crippen molar-refractivity contribution in [2.45, 2.75) is 16.6 Å². The van der Waals surface area contributed by atoms with Crippen LogP contribution in [-0.2, 0) is 9.84 Å². The molecule has 0 aliphatic carbocycles. The standard InChI is InChI=1S/C11H11ClFNO3S/c12-11(15)14-6-5-10(7-14)18(16,17)9-3-1-8(13)2-4-9/h1-4,10H,5-7H2. The fourth-order valence-electron chi connectivity index (χ4n) is 1.96. The Morgan fingerprint density at radius 3 is 2.44 bits per heavy atom. The topological polar surface area (TPSA) is 54.5 Å². The number of rotatable bonds is 2. The summed E-state index contributed by atoms with van der Waals surface area (Å²) in [6.45, 7) is 0.412. The minimum absolute atomic E-state index is 0.0674. The number of benzene rings is 1. The summed E-state index contributed by atoms with van der Waals surface area (Å²) >= 11 is 5.31. The summed E-state index contributed by atoms with van der Waals surface area (Å²) in [5.74, 6) is -0.488. The van der Waals surface area contributed by atoms with Crippen molar-refractivity contribution < 1.29 is 17.6 Å². The smallest absolute Gasteiger partial charge is 0.316 e. The highest BCUT2D eigenvalue weighted by molar-refractivity contribution is 7.92. The van der Waals surface area contributed by atoms with Gasteiger partial charge < -0.3 is 4.90 Å². The summed E-state index contributed by atoms with van der Waals surface area (Å²) in [6.07, 6.45) is 0.345. The van der Waals surface area contributed by atoms with Gasteiger partial charge in [0.1, 0.15) is 5.82 Å². The Bertz CT molecular complexity index is 558. The highest BCUT2D eigenvalue weighted by Crippen LogP contribution is 2.24. The molecule has 1 amide bonds. The van der Waals surface area contributed by atoms with E-state index < -0.39 is 26.3 Å². The molecule has 7 heteroatoms. The second kappa shape index (κ2) is 4.85. The molecule has 1 aliphatic rings. The molecule has 1 aliphatic heterocycles. The van der Waals surface area contributed by atoms with Crippen LogP contribution in [0.2, 0.25) is 0 Å². The minimum atomic E-state index is -3.54. The lowest BCUT2D eigenvalue weighted by atomic mass is 10.3. The van der Waals surface area contributed by atoms with E-state index in [9.17, 15) is 17.6 Å². The number of carbonyl (C=O) groups is 1. The lowest BCUT2D eigenvalue weighted by molar-refractivity contribution is 0.232. The Morgan fingerprint density at radius 1 is 1.33 bits per heavy atom. The number of amides is 1. The second-order valence-corrected chi connectivity index (χ2v) is 6.66. The average Bonchev–Trinajstić information content (AvgIpc) is 2.79. The Morgan fingerprint density at radius 2 is 1.94 bits per heavy atom. The fourth-order valence-corrected chi connectivity index (χ4v) is 3.80. The van der Waals surface area contributed by atoms with Crippen LogP contribution in [0.25, 0.3) is 0 Å². The van der Waals surface area contributed by atoms with Crippen molar-refractivity contribution in [3.8, 4) is 0 Å². The molecule has 2 rings (SSSR count). The molecular formula is C11H11ClFNO3S. The lowest BCUT2D eigenvalue weighted by Gasteiger charge is -2.13. The first-order valence-electron chi connectivity index (χ1n) is 5.35. The second-order valence-electron chi connectivity index (χ2n) is 4.11. The monoisotopic (exact) mass is 291 g/mol. The summed E-state index contributed by atoms with van der Waals surface area (Å²) in [7, 11) is -3.54. The molecule has 0 spiro atoms. The van der Waals surface area contributed by atoms with Crippen LogP contribution >= 0.6 is 11.6 Å². The van der Waals surface area contributed by atoms with Crippen molar-refractivity contribution in [1.29, 1.82) is 0 Å². The predicted octanol–water partition coefficient (Wildman–Crippen LogP) is 2.03. The van der Waals surface area contributed by atoms with Crippen LogP contribution in [-0.4, -0.2) is 37.0 Å². The first-order chi connectivity index (χ1) is 8.41. The van der Waals surface area contributed by atoms with Gasteiger partial charge in [-0.3, -0.25) is 4.79 Å². The maximum absolute atomic E-state index is 12.8. The molecule has 0 bridgehead atoms. The third-order valence-corrected chi connectivity index (χ3v) is 5.41.